The Balaban J connectivity index is 1.09. The molecule has 29 heavy (non-hydrogen) atoms. The monoisotopic (exact) mass is 411 g/mol. The van der Waals surface area contributed by atoms with Gasteiger partial charge in [0.05, 0.1) is 15.2 Å². The van der Waals surface area contributed by atoms with Crippen LogP contribution < -0.4 is 10.6 Å². The fourth-order valence-corrected chi connectivity index (χ4v) is 7.23. The fourth-order valence-electron chi connectivity index (χ4n) is 6.37. The van der Waals surface area contributed by atoms with Gasteiger partial charge in [-0.05, 0) is 87.8 Å². The molecule has 1 aromatic carbocycles. The van der Waals surface area contributed by atoms with Crippen molar-refractivity contribution in [2.45, 2.75) is 58.3 Å². The lowest BCUT2D eigenvalue weighted by Gasteiger charge is -2.55. The molecular weight excluding hydrogens is 382 g/mol. The summed E-state index contributed by atoms with van der Waals surface area (Å²) in [6.45, 7) is 2.57. The third kappa shape index (κ3) is 3.79. The molecule has 6 heteroatoms. The molecule has 4 bridgehead atoms. The molecule has 1 aromatic heterocycles. The van der Waals surface area contributed by atoms with Crippen molar-refractivity contribution in [3.8, 4) is 0 Å². The number of aromatic nitrogens is 1. The Bertz CT molecular complexity index is 915. The molecule has 154 valence electrons. The van der Waals surface area contributed by atoms with E-state index in [1.165, 1.54) is 19.3 Å². The van der Waals surface area contributed by atoms with E-state index in [-0.39, 0.29) is 17.2 Å². The zero-order valence-electron chi connectivity index (χ0n) is 17.0. The van der Waals surface area contributed by atoms with E-state index in [2.05, 4.69) is 15.6 Å². The highest BCUT2D eigenvalue weighted by molar-refractivity contribution is 7.18. The number of rotatable bonds is 6. The van der Waals surface area contributed by atoms with Gasteiger partial charge >= 0.3 is 0 Å². The highest BCUT2D eigenvalue weighted by atomic mass is 32.1. The average molecular weight is 412 g/mol. The van der Waals surface area contributed by atoms with Crippen LogP contribution in [0.4, 0.5) is 5.69 Å². The Kier molecular flexibility index (Phi) is 4.85. The molecule has 0 spiro atoms. The molecule has 2 amide bonds. The number of amides is 2. The van der Waals surface area contributed by atoms with Crippen LogP contribution >= 0.6 is 11.3 Å². The van der Waals surface area contributed by atoms with Gasteiger partial charge in [-0.2, -0.15) is 0 Å². The number of fused-ring (bicyclic) bond motifs is 1. The molecule has 2 aromatic rings. The summed E-state index contributed by atoms with van der Waals surface area (Å²) >= 11 is 1.63. The Morgan fingerprint density at radius 3 is 2.52 bits per heavy atom. The van der Waals surface area contributed by atoms with Crippen molar-refractivity contribution in [3.05, 3.63) is 23.2 Å². The van der Waals surface area contributed by atoms with E-state index in [1.807, 2.05) is 25.1 Å². The SMILES string of the molecule is Cc1nc2ccc(NC(=O)CCCNC(=O)C34CC5CC(CC(C5)C3)C4)cc2s1. The van der Waals surface area contributed by atoms with E-state index < -0.39 is 0 Å². The summed E-state index contributed by atoms with van der Waals surface area (Å²) in [5.41, 5.74) is 1.68. The van der Waals surface area contributed by atoms with Crippen molar-refractivity contribution in [2.75, 3.05) is 11.9 Å². The second-order valence-corrected chi connectivity index (χ2v) is 10.8. The van der Waals surface area contributed by atoms with Crippen molar-refractivity contribution in [1.82, 2.24) is 10.3 Å². The van der Waals surface area contributed by atoms with Crippen molar-refractivity contribution < 1.29 is 9.59 Å². The molecule has 4 saturated carbocycles. The molecule has 5 nitrogen and oxygen atoms in total. The van der Waals surface area contributed by atoms with Gasteiger partial charge in [0.25, 0.3) is 0 Å². The molecular formula is C23H29N3O2S. The lowest BCUT2D eigenvalue weighted by Crippen LogP contribution is -2.53. The Morgan fingerprint density at radius 1 is 1.14 bits per heavy atom. The second kappa shape index (κ2) is 7.38. The second-order valence-electron chi connectivity index (χ2n) is 9.52. The first-order valence-corrected chi connectivity index (χ1v) is 11.8. The van der Waals surface area contributed by atoms with Crippen LogP contribution in [0.1, 0.15) is 56.4 Å². The summed E-state index contributed by atoms with van der Waals surface area (Å²) in [6, 6.07) is 5.82. The summed E-state index contributed by atoms with van der Waals surface area (Å²) < 4.78 is 1.09. The minimum Gasteiger partial charge on any atom is -0.356 e. The number of carbonyl (C=O) groups excluding carboxylic acids is 2. The third-order valence-corrected chi connectivity index (χ3v) is 8.10. The first-order chi connectivity index (χ1) is 14.0. The molecule has 0 atom stereocenters. The number of nitrogens with one attached hydrogen (secondary N) is 2. The maximum absolute atomic E-state index is 12.9. The standard InChI is InChI=1S/C23H29N3O2S/c1-14-25-19-5-4-18(10-20(19)29-14)26-21(27)3-2-6-24-22(28)23-11-15-7-16(12-23)9-17(8-15)13-23/h4-5,10,15-17H,2-3,6-9,11-13H2,1H3,(H,24,28)(H,26,27). The Hall–Kier alpha value is -1.95. The fraction of sp³-hybridized carbons (Fsp3) is 0.609. The molecule has 6 rings (SSSR count). The van der Waals surface area contributed by atoms with E-state index in [1.54, 1.807) is 11.3 Å². The highest BCUT2D eigenvalue weighted by Crippen LogP contribution is 2.60. The summed E-state index contributed by atoms with van der Waals surface area (Å²) in [4.78, 5) is 29.7. The zero-order valence-corrected chi connectivity index (χ0v) is 17.8. The van der Waals surface area contributed by atoms with Gasteiger partial charge in [0.1, 0.15) is 0 Å². The Morgan fingerprint density at radius 2 is 1.83 bits per heavy atom. The van der Waals surface area contributed by atoms with E-state index in [4.69, 9.17) is 0 Å². The van der Waals surface area contributed by atoms with Gasteiger partial charge in [-0.3, -0.25) is 9.59 Å². The van der Waals surface area contributed by atoms with Crippen molar-refractivity contribution in [1.29, 1.82) is 0 Å². The average Bonchev–Trinajstić information content (AvgIpc) is 3.03. The minimum absolute atomic E-state index is 0.00496. The molecule has 2 N–H and O–H groups in total. The number of nitrogens with zero attached hydrogens (tertiary/aromatic N) is 1. The lowest BCUT2D eigenvalue weighted by atomic mass is 9.49. The largest absolute Gasteiger partial charge is 0.356 e. The van der Waals surface area contributed by atoms with Crippen molar-refractivity contribution >= 4 is 39.1 Å². The molecule has 0 unspecified atom stereocenters. The number of hydrogen-bond acceptors (Lipinski definition) is 4. The normalized spacial score (nSPS) is 29.9. The maximum atomic E-state index is 12.9. The van der Waals surface area contributed by atoms with Crippen LogP contribution in [0, 0.1) is 30.1 Å². The van der Waals surface area contributed by atoms with E-state index in [9.17, 15) is 9.59 Å². The van der Waals surface area contributed by atoms with Crippen LogP contribution in [0.2, 0.25) is 0 Å². The van der Waals surface area contributed by atoms with Crippen LogP contribution in [0.15, 0.2) is 18.2 Å². The number of aryl methyl sites for hydroxylation is 1. The van der Waals surface area contributed by atoms with E-state index in [0.29, 0.717) is 19.4 Å². The third-order valence-electron chi connectivity index (χ3n) is 7.17. The summed E-state index contributed by atoms with van der Waals surface area (Å²) in [5.74, 6) is 2.57. The van der Waals surface area contributed by atoms with Crippen molar-refractivity contribution in [2.24, 2.45) is 23.2 Å². The number of carbonyl (C=O) groups is 2. The van der Waals surface area contributed by atoms with Gasteiger partial charge in [0.15, 0.2) is 0 Å². The zero-order chi connectivity index (χ0) is 20.0. The lowest BCUT2D eigenvalue weighted by molar-refractivity contribution is -0.146. The Labute approximate surface area is 175 Å². The smallest absolute Gasteiger partial charge is 0.226 e. The van der Waals surface area contributed by atoms with E-state index in [0.717, 1.165) is 57.9 Å². The first kappa shape index (κ1) is 19.0. The predicted octanol–water partition coefficient (Wildman–Crippen LogP) is 4.66. The van der Waals surface area contributed by atoms with Gasteiger partial charge in [-0.15, -0.1) is 11.3 Å². The van der Waals surface area contributed by atoms with E-state index >= 15 is 0 Å². The molecule has 0 aliphatic heterocycles. The van der Waals surface area contributed by atoms with Gasteiger partial charge in [0.2, 0.25) is 11.8 Å². The molecule has 0 radical (unpaired) electrons. The number of hydrogen-bond donors (Lipinski definition) is 2. The molecule has 1 heterocycles. The number of benzene rings is 1. The molecule has 4 aliphatic rings. The maximum Gasteiger partial charge on any atom is 0.226 e. The summed E-state index contributed by atoms with van der Waals surface area (Å²) in [5, 5.41) is 7.15. The topological polar surface area (TPSA) is 71.1 Å². The molecule has 4 aliphatic carbocycles. The summed E-state index contributed by atoms with van der Waals surface area (Å²) in [6.07, 6.45) is 8.39. The number of anilines is 1. The first-order valence-electron chi connectivity index (χ1n) is 10.9. The van der Waals surface area contributed by atoms with Crippen LogP contribution in [-0.2, 0) is 9.59 Å². The quantitative estimate of drug-likeness (QED) is 0.680. The van der Waals surface area contributed by atoms with Crippen LogP contribution in [0.25, 0.3) is 10.2 Å². The van der Waals surface area contributed by atoms with Gasteiger partial charge in [-0.1, -0.05) is 0 Å². The van der Waals surface area contributed by atoms with Crippen LogP contribution in [0.3, 0.4) is 0 Å². The van der Waals surface area contributed by atoms with Crippen LogP contribution in [0.5, 0.6) is 0 Å². The number of thiazole rings is 1. The molecule has 4 fully saturated rings. The van der Waals surface area contributed by atoms with Gasteiger partial charge in [-0.25, -0.2) is 4.98 Å². The minimum atomic E-state index is -0.0979. The summed E-state index contributed by atoms with van der Waals surface area (Å²) in [7, 11) is 0. The molecule has 0 saturated heterocycles. The van der Waals surface area contributed by atoms with Crippen LogP contribution in [-0.4, -0.2) is 23.3 Å². The highest BCUT2D eigenvalue weighted by Gasteiger charge is 2.54. The van der Waals surface area contributed by atoms with Gasteiger partial charge < -0.3 is 10.6 Å². The van der Waals surface area contributed by atoms with Gasteiger partial charge in [0, 0.05) is 24.1 Å². The van der Waals surface area contributed by atoms with Crippen molar-refractivity contribution in [3.63, 3.8) is 0 Å². The predicted molar refractivity (Wildman–Crippen MR) is 116 cm³/mol.